The van der Waals surface area contributed by atoms with Crippen LogP contribution in [-0.4, -0.2) is 50.9 Å². The number of rotatable bonds is 3. The molecule has 1 aliphatic rings. The van der Waals surface area contributed by atoms with Crippen molar-refractivity contribution in [2.24, 2.45) is 0 Å². The predicted molar refractivity (Wildman–Crippen MR) is 64.1 cm³/mol. The van der Waals surface area contributed by atoms with Gasteiger partial charge in [-0.05, 0) is 0 Å². The highest BCUT2D eigenvalue weighted by Crippen LogP contribution is 2.12. The zero-order valence-corrected chi connectivity index (χ0v) is 10.9. The quantitative estimate of drug-likeness (QED) is 0.710. The van der Waals surface area contributed by atoms with Crippen LogP contribution in [0.3, 0.4) is 0 Å². The van der Waals surface area contributed by atoms with Crippen molar-refractivity contribution in [3.63, 3.8) is 0 Å². The minimum Gasteiger partial charge on any atom is -0.337 e. The van der Waals surface area contributed by atoms with Gasteiger partial charge in [0, 0.05) is 13.0 Å². The largest absolute Gasteiger partial charge is 0.337 e. The second-order valence-corrected chi connectivity index (χ2v) is 4.72. The van der Waals surface area contributed by atoms with E-state index in [-0.39, 0.29) is 24.1 Å². The maximum atomic E-state index is 11.9. The van der Waals surface area contributed by atoms with Crippen LogP contribution >= 0.6 is 0 Å². The molecule has 1 unspecified atom stereocenters. The maximum Gasteiger partial charge on any atom is 0.291 e. The van der Waals surface area contributed by atoms with Gasteiger partial charge < -0.3 is 5.32 Å². The molecule has 0 bridgehead atoms. The molecular weight excluding hydrogens is 250 g/mol. The van der Waals surface area contributed by atoms with Gasteiger partial charge in [0.05, 0.1) is 6.42 Å². The number of amides is 3. The molecule has 0 spiro atoms. The van der Waals surface area contributed by atoms with Crippen LogP contribution in [0.5, 0.6) is 0 Å². The van der Waals surface area contributed by atoms with Crippen molar-refractivity contribution >= 4 is 17.7 Å². The smallest absolute Gasteiger partial charge is 0.291 e. The zero-order chi connectivity index (χ0) is 14.2. The first-order valence-electron chi connectivity index (χ1n) is 5.93. The maximum absolute atomic E-state index is 11.9. The van der Waals surface area contributed by atoms with Crippen molar-refractivity contribution < 1.29 is 14.4 Å². The molecular formula is C11H15N5O3. The molecule has 2 N–H and O–H groups in total. The molecule has 1 fully saturated rings. The lowest BCUT2D eigenvalue weighted by molar-refractivity contribution is -0.137. The zero-order valence-electron chi connectivity index (χ0n) is 10.9. The molecule has 1 aromatic rings. The molecule has 1 aromatic heterocycles. The minimum atomic E-state index is -0.828. The highest BCUT2D eigenvalue weighted by molar-refractivity contribution is 6.07. The number of imide groups is 1. The average Bonchev–Trinajstić information content (AvgIpc) is 2.92. The Morgan fingerprint density at radius 2 is 2.16 bits per heavy atom. The molecule has 0 saturated carbocycles. The molecule has 1 aliphatic heterocycles. The molecule has 0 radical (unpaired) electrons. The third kappa shape index (κ3) is 2.47. The first-order chi connectivity index (χ1) is 8.90. The molecule has 2 rings (SSSR count). The molecule has 1 saturated heterocycles. The van der Waals surface area contributed by atoms with Crippen LogP contribution in [0, 0.1) is 0 Å². The summed E-state index contributed by atoms with van der Waals surface area (Å²) in [7, 11) is 1.39. The molecule has 0 aliphatic carbocycles. The van der Waals surface area contributed by atoms with Gasteiger partial charge >= 0.3 is 0 Å². The summed E-state index contributed by atoms with van der Waals surface area (Å²) in [6.07, 6.45) is -0.0253. The number of likely N-dealkylation sites (N-methyl/N-ethyl adjacent to an activating group) is 1. The third-order valence-electron chi connectivity index (χ3n) is 2.94. The number of nitrogens with one attached hydrogen (secondary N) is 2. The fourth-order valence-electron chi connectivity index (χ4n) is 1.73. The molecule has 2 heterocycles. The number of H-pyrrole nitrogens is 1. The normalized spacial score (nSPS) is 19.4. The Kier molecular flexibility index (Phi) is 3.32. The summed E-state index contributed by atoms with van der Waals surface area (Å²) in [5.74, 6) is -0.611. The van der Waals surface area contributed by atoms with E-state index in [1.54, 1.807) is 0 Å². The Morgan fingerprint density at radius 3 is 2.63 bits per heavy atom. The average molecular weight is 265 g/mol. The Bertz CT molecular complexity index is 536. The summed E-state index contributed by atoms with van der Waals surface area (Å²) in [5.41, 5.74) is 0. The van der Waals surface area contributed by atoms with Gasteiger partial charge in [-0.3, -0.25) is 24.4 Å². The van der Waals surface area contributed by atoms with E-state index in [0.29, 0.717) is 5.82 Å². The molecule has 3 amide bonds. The van der Waals surface area contributed by atoms with Gasteiger partial charge in [-0.1, -0.05) is 13.8 Å². The lowest BCUT2D eigenvalue weighted by atomic mass is 10.2. The molecule has 1 atom stereocenters. The monoisotopic (exact) mass is 265 g/mol. The van der Waals surface area contributed by atoms with Crippen LogP contribution < -0.4 is 5.32 Å². The van der Waals surface area contributed by atoms with Crippen molar-refractivity contribution in [1.82, 2.24) is 25.4 Å². The van der Waals surface area contributed by atoms with E-state index in [1.807, 2.05) is 13.8 Å². The van der Waals surface area contributed by atoms with Gasteiger partial charge in [0.15, 0.2) is 0 Å². The van der Waals surface area contributed by atoms with E-state index in [4.69, 9.17) is 0 Å². The van der Waals surface area contributed by atoms with Crippen LogP contribution in [0.1, 0.15) is 42.6 Å². The van der Waals surface area contributed by atoms with Crippen LogP contribution in [-0.2, 0) is 9.59 Å². The number of nitrogens with zero attached hydrogens (tertiary/aromatic N) is 3. The minimum absolute atomic E-state index is 0.0253. The van der Waals surface area contributed by atoms with E-state index in [9.17, 15) is 14.4 Å². The highest BCUT2D eigenvalue weighted by atomic mass is 16.2. The van der Waals surface area contributed by atoms with Crippen LogP contribution in [0.15, 0.2) is 0 Å². The van der Waals surface area contributed by atoms with E-state index < -0.39 is 17.9 Å². The first-order valence-corrected chi connectivity index (χ1v) is 5.93. The van der Waals surface area contributed by atoms with E-state index >= 15 is 0 Å². The topological polar surface area (TPSA) is 108 Å². The van der Waals surface area contributed by atoms with Crippen LogP contribution in [0.2, 0.25) is 0 Å². The van der Waals surface area contributed by atoms with Crippen LogP contribution in [0.4, 0.5) is 0 Å². The van der Waals surface area contributed by atoms with Gasteiger partial charge in [-0.2, -0.15) is 0 Å². The standard InChI is InChI=1S/C11H15N5O3/c1-5(2)8-13-9(15-14-8)10(18)12-6-4-7(17)16(3)11(6)19/h5-6H,4H2,1-3H3,(H,12,18)(H,13,14,15). The van der Waals surface area contributed by atoms with E-state index in [1.165, 1.54) is 7.05 Å². The Balaban J connectivity index is 2.05. The molecule has 19 heavy (non-hydrogen) atoms. The Labute approximate surface area is 109 Å². The number of carbonyl (C=O) groups is 3. The number of likely N-dealkylation sites (tertiary alicyclic amines) is 1. The van der Waals surface area contributed by atoms with E-state index in [0.717, 1.165) is 4.90 Å². The number of hydrogen-bond acceptors (Lipinski definition) is 5. The van der Waals surface area contributed by atoms with Gasteiger partial charge in [0.2, 0.25) is 11.7 Å². The predicted octanol–water partition coefficient (Wildman–Crippen LogP) is -0.585. The van der Waals surface area contributed by atoms with Gasteiger partial charge in [-0.25, -0.2) is 4.98 Å². The summed E-state index contributed by atoms with van der Waals surface area (Å²) in [6, 6.07) is -0.828. The number of carbonyl (C=O) groups excluding carboxylic acids is 3. The van der Waals surface area contributed by atoms with E-state index in [2.05, 4.69) is 20.5 Å². The van der Waals surface area contributed by atoms with Crippen molar-refractivity contribution in [2.75, 3.05) is 7.05 Å². The van der Waals surface area contributed by atoms with Crippen molar-refractivity contribution in [2.45, 2.75) is 32.2 Å². The molecule has 102 valence electrons. The number of aromatic amines is 1. The van der Waals surface area contributed by atoms with Crippen LogP contribution in [0.25, 0.3) is 0 Å². The molecule has 8 nitrogen and oxygen atoms in total. The second-order valence-electron chi connectivity index (χ2n) is 4.72. The first kappa shape index (κ1) is 13.2. The fraction of sp³-hybridized carbons (Fsp3) is 0.545. The van der Waals surface area contributed by atoms with Crippen molar-refractivity contribution in [3.05, 3.63) is 11.6 Å². The summed E-state index contributed by atoms with van der Waals surface area (Å²) < 4.78 is 0. The number of aromatic nitrogens is 3. The fourth-order valence-corrected chi connectivity index (χ4v) is 1.73. The summed E-state index contributed by atoms with van der Waals surface area (Å²) in [4.78, 5) is 39.8. The van der Waals surface area contributed by atoms with Crippen molar-refractivity contribution in [3.8, 4) is 0 Å². The lowest BCUT2D eigenvalue weighted by Crippen LogP contribution is -2.41. The summed E-state index contributed by atoms with van der Waals surface area (Å²) >= 11 is 0. The third-order valence-corrected chi connectivity index (χ3v) is 2.94. The van der Waals surface area contributed by atoms with Gasteiger partial charge in [0.25, 0.3) is 11.8 Å². The SMILES string of the molecule is CC(C)c1nc(C(=O)NC2CC(=O)N(C)C2=O)n[nH]1. The summed E-state index contributed by atoms with van der Waals surface area (Å²) in [6.45, 7) is 3.83. The Morgan fingerprint density at radius 1 is 1.47 bits per heavy atom. The van der Waals surface area contributed by atoms with Crippen molar-refractivity contribution in [1.29, 1.82) is 0 Å². The second kappa shape index (κ2) is 4.79. The highest BCUT2D eigenvalue weighted by Gasteiger charge is 2.37. The molecule has 0 aromatic carbocycles. The van der Waals surface area contributed by atoms with Gasteiger partial charge in [-0.15, -0.1) is 5.10 Å². The lowest BCUT2D eigenvalue weighted by Gasteiger charge is -2.09. The Hall–Kier alpha value is -2.25. The summed E-state index contributed by atoms with van der Waals surface area (Å²) in [5, 5.41) is 8.90. The van der Waals surface area contributed by atoms with Gasteiger partial charge in [0.1, 0.15) is 11.9 Å². The molecule has 8 heteroatoms. The number of hydrogen-bond donors (Lipinski definition) is 2.